The predicted molar refractivity (Wildman–Crippen MR) is 105 cm³/mol. The molecule has 3 rings (SSSR count). The number of unbranched alkanes of at least 4 members (excludes halogenated alkanes) is 1. The first-order valence-electron chi connectivity index (χ1n) is 8.91. The van der Waals surface area contributed by atoms with Crippen LogP contribution in [-0.4, -0.2) is 11.5 Å². The maximum atomic E-state index is 5.71. The van der Waals surface area contributed by atoms with Crippen LogP contribution in [0.2, 0.25) is 0 Å². The van der Waals surface area contributed by atoms with Gasteiger partial charge in [-0.1, -0.05) is 35.9 Å². The molecule has 24 heavy (non-hydrogen) atoms. The molecule has 3 N–H and O–H groups in total. The molecule has 126 valence electrons. The number of nitrogens with two attached hydrogens (primary N) is 1. The van der Waals surface area contributed by atoms with Gasteiger partial charge in [0.05, 0.1) is 5.69 Å². The van der Waals surface area contributed by atoms with Crippen LogP contribution in [0.15, 0.2) is 30.3 Å². The zero-order valence-corrected chi connectivity index (χ0v) is 15.3. The second kappa shape index (κ2) is 6.82. The molecule has 0 atom stereocenters. The Morgan fingerprint density at radius 1 is 0.917 bits per heavy atom. The van der Waals surface area contributed by atoms with Crippen LogP contribution in [0, 0.1) is 27.7 Å². The zero-order valence-electron chi connectivity index (χ0n) is 15.3. The van der Waals surface area contributed by atoms with E-state index in [1.54, 1.807) is 0 Å². The van der Waals surface area contributed by atoms with Gasteiger partial charge in [-0.05, 0) is 75.8 Å². The maximum Gasteiger partial charge on any atom is 0.0502 e. The second-order valence-electron chi connectivity index (χ2n) is 7.00. The summed E-state index contributed by atoms with van der Waals surface area (Å²) in [5.74, 6) is 0. The molecule has 2 aromatic carbocycles. The van der Waals surface area contributed by atoms with E-state index in [1.165, 1.54) is 50.0 Å². The summed E-state index contributed by atoms with van der Waals surface area (Å²) >= 11 is 0. The summed E-state index contributed by atoms with van der Waals surface area (Å²) in [6.07, 6.45) is 3.28. The number of aryl methyl sites for hydroxylation is 5. The highest BCUT2D eigenvalue weighted by Crippen LogP contribution is 2.36. The number of benzene rings is 2. The van der Waals surface area contributed by atoms with Crippen LogP contribution in [-0.2, 0) is 6.42 Å². The fraction of sp³-hybridized carbons (Fsp3) is 0.364. The normalized spacial score (nSPS) is 11.4. The highest BCUT2D eigenvalue weighted by atomic mass is 14.7. The van der Waals surface area contributed by atoms with E-state index in [1.807, 2.05) is 0 Å². The quantitative estimate of drug-likeness (QED) is 0.611. The average molecular weight is 320 g/mol. The van der Waals surface area contributed by atoms with Crippen LogP contribution in [0.5, 0.6) is 0 Å². The number of hydrogen-bond donors (Lipinski definition) is 2. The van der Waals surface area contributed by atoms with Crippen molar-refractivity contribution in [3.05, 3.63) is 58.1 Å². The Bertz CT molecular complexity index is 848. The molecule has 3 aromatic rings. The Hall–Kier alpha value is -2.06. The minimum atomic E-state index is 0.763. The maximum absolute atomic E-state index is 5.71. The van der Waals surface area contributed by atoms with Crippen molar-refractivity contribution in [2.24, 2.45) is 5.73 Å². The molecule has 0 saturated heterocycles. The van der Waals surface area contributed by atoms with Crippen LogP contribution in [0.1, 0.15) is 40.7 Å². The van der Waals surface area contributed by atoms with Gasteiger partial charge in [-0.2, -0.15) is 0 Å². The van der Waals surface area contributed by atoms with Crippen LogP contribution < -0.4 is 5.73 Å². The van der Waals surface area contributed by atoms with Crippen LogP contribution in [0.3, 0.4) is 0 Å². The summed E-state index contributed by atoms with van der Waals surface area (Å²) in [7, 11) is 0. The number of H-pyrrole nitrogens is 1. The fourth-order valence-electron chi connectivity index (χ4n) is 3.91. The number of fused-ring (bicyclic) bond motifs is 1. The van der Waals surface area contributed by atoms with Crippen molar-refractivity contribution in [2.75, 3.05) is 6.54 Å². The summed E-state index contributed by atoms with van der Waals surface area (Å²) in [4.78, 5) is 3.75. The average Bonchev–Trinajstić information content (AvgIpc) is 2.87. The van der Waals surface area contributed by atoms with Crippen molar-refractivity contribution in [1.29, 1.82) is 0 Å². The summed E-state index contributed by atoms with van der Waals surface area (Å²) in [6, 6.07) is 11.2. The molecule has 0 aliphatic carbocycles. The van der Waals surface area contributed by atoms with Crippen LogP contribution in [0.25, 0.3) is 22.2 Å². The van der Waals surface area contributed by atoms with Gasteiger partial charge in [-0.25, -0.2) is 0 Å². The third-order valence-corrected chi connectivity index (χ3v) is 4.96. The van der Waals surface area contributed by atoms with Gasteiger partial charge in [0, 0.05) is 16.5 Å². The van der Waals surface area contributed by atoms with Crippen LogP contribution >= 0.6 is 0 Å². The number of nitrogens with one attached hydrogen (secondary N) is 1. The molecule has 0 amide bonds. The summed E-state index contributed by atoms with van der Waals surface area (Å²) in [5.41, 5.74) is 16.4. The summed E-state index contributed by atoms with van der Waals surface area (Å²) in [5, 5.41) is 1.36. The van der Waals surface area contributed by atoms with Gasteiger partial charge >= 0.3 is 0 Å². The summed E-state index contributed by atoms with van der Waals surface area (Å²) < 4.78 is 0. The molecule has 2 heteroatoms. The molecular weight excluding hydrogens is 292 g/mol. The van der Waals surface area contributed by atoms with E-state index in [0.29, 0.717) is 0 Å². The standard InChI is InChI=1S/C22H28N2/c1-14-12-16(3)20(17(4)13-14)22-19(9-5-6-11-23)18-10-7-8-15(2)21(18)24-22/h7-8,10,12-13,24H,5-6,9,11,23H2,1-4H3. The van der Waals surface area contributed by atoms with Gasteiger partial charge in [0.1, 0.15) is 0 Å². The lowest BCUT2D eigenvalue weighted by molar-refractivity contribution is 0.748. The lowest BCUT2D eigenvalue weighted by atomic mass is 9.93. The van der Waals surface area contributed by atoms with E-state index in [9.17, 15) is 0 Å². The Morgan fingerprint density at radius 3 is 2.29 bits per heavy atom. The summed E-state index contributed by atoms with van der Waals surface area (Å²) in [6.45, 7) is 9.55. The van der Waals surface area contributed by atoms with Crippen molar-refractivity contribution >= 4 is 10.9 Å². The Labute approximate surface area is 145 Å². The topological polar surface area (TPSA) is 41.8 Å². The molecule has 0 unspecified atom stereocenters. The van der Waals surface area contributed by atoms with Gasteiger partial charge in [0.15, 0.2) is 0 Å². The Kier molecular flexibility index (Phi) is 4.77. The molecule has 1 heterocycles. The minimum Gasteiger partial charge on any atom is -0.354 e. The van der Waals surface area contributed by atoms with Gasteiger partial charge in [-0.3, -0.25) is 0 Å². The van der Waals surface area contributed by atoms with Crippen molar-refractivity contribution in [2.45, 2.75) is 47.0 Å². The highest BCUT2D eigenvalue weighted by Gasteiger charge is 2.17. The van der Waals surface area contributed by atoms with E-state index in [4.69, 9.17) is 5.73 Å². The van der Waals surface area contributed by atoms with Crippen molar-refractivity contribution in [1.82, 2.24) is 4.98 Å². The highest BCUT2D eigenvalue weighted by molar-refractivity contribution is 5.93. The molecule has 0 saturated carbocycles. The lowest BCUT2D eigenvalue weighted by Crippen LogP contribution is -2.00. The van der Waals surface area contributed by atoms with Gasteiger partial charge in [0.25, 0.3) is 0 Å². The predicted octanol–water partition coefficient (Wildman–Crippen LogP) is 5.35. The first-order valence-corrected chi connectivity index (χ1v) is 8.91. The van der Waals surface area contributed by atoms with Gasteiger partial charge in [0.2, 0.25) is 0 Å². The molecule has 0 aliphatic rings. The largest absolute Gasteiger partial charge is 0.354 e. The number of aromatic amines is 1. The smallest absolute Gasteiger partial charge is 0.0502 e. The SMILES string of the molecule is Cc1cc(C)c(-c2[nH]c3c(C)cccc3c2CCCCN)c(C)c1. The molecule has 2 nitrogen and oxygen atoms in total. The molecule has 0 bridgehead atoms. The second-order valence-corrected chi connectivity index (χ2v) is 7.00. The first kappa shape index (κ1) is 16.8. The van der Waals surface area contributed by atoms with E-state index < -0.39 is 0 Å². The number of aromatic nitrogens is 1. The third-order valence-electron chi connectivity index (χ3n) is 4.96. The fourth-order valence-corrected chi connectivity index (χ4v) is 3.91. The van der Waals surface area contributed by atoms with Crippen molar-refractivity contribution < 1.29 is 0 Å². The van der Waals surface area contributed by atoms with E-state index >= 15 is 0 Å². The van der Waals surface area contributed by atoms with Crippen molar-refractivity contribution in [3.63, 3.8) is 0 Å². The van der Waals surface area contributed by atoms with Gasteiger partial charge in [-0.15, -0.1) is 0 Å². The lowest BCUT2D eigenvalue weighted by Gasteiger charge is -2.13. The number of rotatable bonds is 5. The van der Waals surface area contributed by atoms with Crippen LogP contribution in [0.4, 0.5) is 0 Å². The molecular formula is C22H28N2. The number of hydrogen-bond acceptors (Lipinski definition) is 1. The molecule has 0 radical (unpaired) electrons. The molecule has 0 aliphatic heterocycles. The molecule has 0 fully saturated rings. The Morgan fingerprint density at radius 2 is 1.62 bits per heavy atom. The molecule has 1 aromatic heterocycles. The monoisotopic (exact) mass is 320 g/mol. The van der Waals surface area contributed by atoms with E-state index in [0.717, 1.165) is 25.8 Å². The van der Waals surface area contributed by atoms with E-state index in [-0.39, 0.29) is 0 Å². The first-order chi connectivity index (χ1) is 11.5. The van der Waals surface area contributed by atoms with Crippen molar-refractivity contribution in [3.8, 4) is 11.3 Å². The van der Waals surface area contributed by atoms with E-state index in [2.05, 4.69) is 63.0 Å². The number of para-hydroxylation sites is 1. The zero-order chi connectivity index (χ0) is 17.3. The van der Waals surface area contributed by atoms with Gasteiger partial charge < -0.3 is 10.7 Å². The minimum absolute atomic E-state index is 0.763. The molecule has 0 spiro atoms. The Balaban J connectivity index is 2.23. The third kappa shape index (κ3) is 2.99.